The lowest BCUT2D eigenvalue weighted by Crippen LogP contribution is -1.79. The molecule has 1 rings (SSSR count). The zero-order chi connectivity index (χ0) is 8.10. The van der Waals surface area contributed by atoms with Gasteiger partial charge >= 0.3 is 0 Å². The standard InChI is InChI=1S/C9H12BrP/c1-2-11(10)8-9-6-4-3-5-7-9/h3-7H,2,8H2,1H3. The van der Waals surface area contributed by atoms with Crippen molar-refractivity contribution in [2.24, 2.45) is 0 Å². The molecule has 0 aliphatic heterocycles. The molecule has 0 amide bonds. The molecule has 60 valence electrons. The fourth-order valence-electron chi connectivity index (χ4n) is 0.893. The summed E-state index contributed by atoms with van der Waals surface area (Å²) in [4.78, 5) is 0. The number of rotatable bonds is 3. The van der Waals surface area contributed by atoms with Gasteiger partial charge in [-0.25, -0.2) is 0 Å². The summed E-state index contributed by atoms with van der Waals surface area (Å²) >= 11 is 3.68. The van der Waals surface area contributed by atoms with Gasteiger partial charge in [-0.3, -0.25) is 0 Å². The van der Waals surface area contributed by atoms with Crippen molar-refractivity contribution in [3.8, 4) is 0 Å². The fraction of sp³-hybridized carbons (Fsp3) is 0.333. The monoisotopic (exact) mass is 230 g/mol. The van der Waals surface area contributed by atoms with Crippen LogP contribution in [0.15, 0.2) is 30.3 Å². The normalized spacial score (nSPS) is 12.9. The summed E-state index contributed by atoms with van der Waals surface area (Å²) in [6.45, 7) is 2.28. The Morgan fingerprint density at radius 2 is 1.91 bits per heavy atom. The molecule has 1 aromatic carbocycles. The van der Waals surface area contributed by atoms with Gasteiger partial charge in [0.15, 0.2) is 0 Å². The molecule has 0 aliphatic rings. The third kappa shape index (κ3) is 3.35. The fourth-order valence-corrected chi connectivity index (χ4v) is 2.59. The van der Waals surface area contributed by atoms with E-state index >= 15 is 0 Å². The molecule has 0 saturated carbocycles. The lowest BCUT2D eigenvalue weighted by atomic mass is 10.2. The van der Waals surface area contributed by atoms with Crippen LogP contribution in [0.3, 0.4) is 0 Å². The van der Waals surface area contributed by atoms with Crippen molar-refractivity contribution in [1.82, 2.24) is 0 Å². The van der Waals surface area contributed by atoms with Crippen LogP contribution in [0.5, 0.6) is 0 Å². The molecule has 0 aromatic heterocycles. The van der Waals surface area contributed by atoms with Gasteiger partial charge in [0.05, 0.1) is 0 Å². The summed E-state index contributed by atoms with van der Waals surface area (Å²) in [6, 6.07) is 10.6. The van der Waals surface area contributed by atoms with E-state index in [1.165, 1.54) is 17.9 Å². The molecule has 1 atom stereocenters. The van der Waals surface area contributed by atoms with Crippen molar-refractivity contribution in [3.05, 3.63) is 35.9 Å². The maximum Gasteiger partial charge on any atom is 0.00253 e. The Hall–Kier alpha value is 0.130. The SMILES string of the molecule is CCP(Br)Cc1ccccc1. The number of benzene rings is 1. The second kappa shape index (κ2) is 4.90. The number of hydrogen-bond donors (Lipinski definition) is 0. The third-order valence-electron chi connectivity index (χ3n) is 1.54. The maximum absolute atomic E-state index is 3.68. The first-order valence-electron chi connectivity index (χ1n) is 3.77. The molecule has 0 fully saturated rings. The molecular formula is C9H12BrP. The Labute approximate surface area is 77.5 Å². The van der Waals surface area contributed by atoms with Gasteiger partial charge in [0.25, 0.3) is 0 Å². The van der Waals surface area contributed by atoms with Crippen LogP contribution in [0.1, 0.15) is 12.5 Å². The topological polar surface area (TPSA) is 0 Å². The number of hydrogen-bond acceptors (Lipinski definition) is 0. The van der Waals surface area contributed by atoms with E-state index in [-0.39, 0.29) is 6.62 Å². The van der Waals surface area contributed by atoms with Crippen LogP contribution in [0.4, 0.5) is 0 Å². The first-order chi connectivity index (χ1) is 5.33. The van der Waals surface area contributed by atoms with E-state index < -0.39 is 0 Å². The van der Waals surface area contributed by atoms with E-state index in [9.17, 15) is 0 Å². The highest BCUT2D eigenvalue weighted by Gasteiger charge is 1.99. The summed E-state index contributed by atoms with van der Waals surface area (Å²) < 4.78 is 0. The highest BCUT2D eigenvalue weighted by atomic mass is 79.9. The Bertz CT molecular complexity index is 198. The van der Waals surface area contributed by atoms with Crippen molar-refractivity contribution in [2.45, 2.75) is 13.1 Å². The molecule has 0 heterocycles. The van der Waals surface area contributed by atoms with E-state index in [2.05, 4.69) is 52.7 Å². The Morgan fingerprint density at radius 1 is 1.27 bits per heavy atom. The van der Waals surface area contributed by atoms with Crippen molar-refractivity contribution in [1.29, 1.82) is 0 Å². The summed E-state index contributed by atoms with van der Waals surface area (Å²) in [5.41, 5.74) is 1.44. The highest BCUT2D eigenvalue weighted by Crippen LogP contribution is 2.46. The molecule has 1 aromatic rings. The molecule has 0 bridgehead atoms. The predicted molar refractivity (Wildman–Crippen MR) is 56.5 cm³/mol. The van der Waals surface area contributed by atoms with Gasteiger partial charge in [0.1, 0.15) is 0 Å². The van der Waals surface area contributed by atoms with Crippen LogP contribution in [0.25, 0.3) is 0 Å². The predicted octanol–water partition coefficient (Wildman–Crippen LogP) is 4.00. The summed E-state index contributed by atoms with van der Waals surface area (Å²) in [5.74, 6) is 0. The molecule has 0 N–H and O–H groups in total. The molecular weight excluding hydrogens is 219 g/mol. The quantitative estimate of drug-likeness (QED) is 0.689. The van der Waals surface area contributed by atoms with E-state index in [1.54, 1.807) is 0 Å². The zero-order valence-electron chi connectivity index (χ0n) is 6.63. The van der Waals surface area contributed by atoms with Gasteiger partial charge in [-0.2, -0.15) is 0 Å². The number of halogens is 1. The molecule has 0 radical (unpaired) electrons. The van der Waals surface area contributed by atoms with E-state index in [4.69, 9.17) is 0 Å². The van der Waals surface area contributed by atoms with Gasteiger partial charge in [0.2, 0.25) is 0 Å². The molecule has 0 aliphatic carbocycles. The first kappa shape index (κ1) is 9.22. The van der Waals surface area contributed by atoms with E-state index in [0.29, 0.717) is 0 Å². The van der Waals surface area contributed by atoms with Crippen molar-refractivity contribution >= 4 is 22.1 Å². The van der Waals surface area contributed by atoms with Gasteiger partial charge in [-0.1, -0.05) is 52.7 Å². The summed E-state index contributed by atoms with van der Waals surface area (Å²) in [5, 5.41) is 0. The summed E-state index contributed by atoms with van der Waals surface area (Å²) in [7, 11) is 0. The zero-order valence-corrected chi connectivity index (χ0v) is 9.11. The Morgan fingerprint density at radius 3 is 2.45 bits per heavy atom. The molecule has 0 saturated heterocycles. The highest BCUT2D eigenvalue weighted by molar-refractivity contribution is 9.39. The first-order valence-corrected chi connectivity index (χ1v) is 7.50. The lowest BCUT2D eigenvalue weighted by molar-refractivity contribution is 1.38. The molecule has 0 spiro atoms. The minimum absolute atomic E-state index is 0.0579. The lowest BCUT2D eigenvalue weighted by Gasteiger charge is -2.05. The van der Waals surface area contributed by atoms with E-state index in [0.717, 1.165) is 0 Å². The smallest absolute Gasteiger partial charge is 0.00253 e. The van der Waals surface area contributed by atoms with Gasteiger partial charge in [-0.15, -0.1) is 0 Å². The molecule has 0 nitrogen and oxygen atoms in total. The molecule has 11 heavy (non-hydrogen) atoms. The molecule has 2 heteroatoms. The van der Waals surface area contributed by atoms with Crippen molar-refractivity contribution < 1.29 is 0 Å². The van der Waals surface area contributed by atoms with Crippen LogP contribution in [-0.4, -0.2) is 6.16 Å². The van der Waals surface area contributed by atoms with Crippen LogP contribution in [-0.2, 0) is 6.16 Å². The molecule has 1 unspecified atom stereocenters. The van der Waals surface area contributed by atoms with Gasteiger partial charge in [-0.05, 0) is 18.3 Å². The van der Waals surface area contributed by atoms with E-state index in [1.807, 2.05) is 0 Å². The second-order valence-electron chi connectivity index (χ2n) is 2.42. The van der Waals surface area contributed by atoms with Crippen molar-refractivity contribution in [2.75, 3.05) is 6.16 Å². The van der Waals surface area contributed by atoms with Crippen LogP contribution >= 0.6 is 22.1 Å². The largest absolute Gasteiger partial charge is 0.0622 e. The third-order valence-corrected chi connectivity index (χ3v) is 5.19. The van der Waals surface area contributed by atoms with Crippen molar-refractivity contribution in [3.63, 3.8) is 0 Å². The maximum atomic E-state index is 3.68. The van der Waals surface area contributed by atoms with Crippen LogP contribution in [0, 0.1) is 0 Å². The Balaban J connectivity index is 2.51. The minimum Gasteiger partial charge on any atom is -0.0622 e. The average Bonchev–Trinajstić information content (AvgIpc) is 2.06. The minimum atomic E-state index is 0.0579. The summed E-state index contributed by atoms with van der Waals surface area (Å²) in [6.07, 6.45) is 2.46. The average molecular weight is 231 g/mol. The van der Waals surface area contributed by atoms with Crippen LogP contribution < -0.4 is 0 Å². The van der Waals surface area contributed by atoms with Gasteiger partial charge in [0, 0.05) is 6.16 Å². The van der Waals surface area contributed by atoms with Gasteiger partial charge < -0.3 is 0 Å². The second-order valence-corrected chi connectivity index (χ2v) is 7.31. The van der Waals surface area contributed by atoms with Crippen LogP contribution in [0.2, 0.25) is 0 Å². The Kier molecular flexibility index (Phi) is 4.11.